The van der Waals surface area contributed by atoms with Gasteiger partial charge >= 0.3 is 0 Å². The molecule has 1 unspecified atom stereocenters. The number of halogens is 1. The molecule has 0 saturated carbocycles. The highest BCUT2D eigenvalue weighted by molar-refractivity contribution is 14.0. The van der Waals surface area contributed by atoms with Crippen LogP contribution in [0.2, 0.25) is 0 Å². The predicted octanol–water partition coefficient (Wildman–Crippen LogP) is 4.04. The molecule has 140 valence electrons. The second kappa shape index (κ2) is 11.7. The highest BCUT2D eigenvalue weighted by Crippen LogP contribution is 2.21. The Morgan fingerprint density at radius 1 is 1.38 bits per heavy atom. The number of hydrogen-bond acceptors (Lipinski definition) is 2. The van der Waals surface area contributed by atoms with E-state index in [-0.39, 0.29) is 24.0 Å². The molecular formula is C18H36IN5. The van der Waals surface area contributed by atoms with Crippen LogP contribution in [0.3, 0.4) is 0 Å². The summed E-state index contributed by atoms with van der Waals surface area (Å²) < 4.78 is 0. The van der Waals surface area contributed by atoms with Gasteiger partial charge in [-0.05, 0) is 57.4 Å². The molecule has 0 aromatic carbocycles. The normalized spacial score (nSPS) is 13.3. The van der Waals surface area contributed by atoms with E-state index in [0.29, 0.717) is 11.5 Å². The van der Waals surface area contributed by atoms with Gasteiger partial charge in [0.1, 0.15) is 0 Å². The van der Waals surface area contributed by atoms with Crippen LogP contribution < -0.4 is 10.6 Å². The molecule has 0 spiro atoms. The van der Waals surface area contributed by atoms with Crippen LogP contribution in [0.4, 0.5) is 0 Å². The van der Waals surface area contributed by atoms with Gasteiger partial charge in [-0.1, -0.05) is 20.8 Å². The van der Waals surface area contributed by atoms with Crippen LogP contribution >= 0.6 is 24.0 Å². The smallest absolute Gasteiger partial charge is 0.191 e. The minimum atomic E-state index is 0. The Morgan fingerprint density at radius 3 is 2.62 bits per heavy atom. The fourth-order valence-electron chi connectivity index (χ4n) is 2.36. The lowest BCUT2D eigenvalue weighted by Crippen LogP contribution is -2.42. The Hall–Kier alpha value is -0.790. The maximum atomic E-state index is 4.69. The zero-order chi connectivity index (χ0) is 17.3. The first kappa shape index (κ1) is 23.2. The SMILES string of the molecule is CCNC(=NCCCc1cn[nH]c1C)NC(C)CCC(C)(C)C.I. The van der Waals surface area contributed by atoms with Crippen LogP contribution in [0, 0.1) is 12.3 Å². The lowest BCUT2D eigenvalue weighted by Gasteiger charge is -2.23. The Balaban J connectivity index is 0.00000529. The van der Waals surface area contributed by atoms with Crippen molar-refractivity contribution in [3.63, 3.8) is 0 Å². The summed E-state index contributed by atoms with van der Waals surface area (Å²) in [6.07, 6.45) is 6.33. The van der Waals surface area contributed by atoms with Crippen LogP contribution in [0.25, 0.3) is 0 Å². The predicted molar refractivity (Wildman–Crippen MR) is 114 cm³/mol. The quantitative estimate of drug-likeness (QED) is 0.243. The van der Waals surface area contributed by atoms with Crippen molar-refractivity contribution in [1.82, 2.24) is 20.8 Å². The Morgan fingerprint density at radius 2 is 2.08 bits per heavy atom. The number of aryl methyl sites for hydroxylation is 2. The summed E-state index contributed by atoms with van der Waals surface area (Å²) in [6, 6.07) is 0.433. The van der Waals surface area contributed by atoms with Gasteiger partial charge in [0, 0.05) is 24.8 Å². The largest absolute Gasteiger partial charge is 0.357 e. The fraction of sp³-hybridized carbons (Fsp3) is 0.778. The van der Waals surface area contributed by atoms with Crippen LogP contribution in [-0.2, 0) is 6.42 Å². The summed E-state index contributed by atoms with van der Waals surface area (Å²) >= 11 is 0. The molecule has 1 heterocycles. The van der Waals surface area contributed by atoms with Crippen molar-refractivity contribution in [3.8, 4) is 0 Å². The molecule has 1 aromatic heterocycles. The van der Waals surface area contributed by atoms with Crippen LogP contribution in [0.1, 0.15) is 65.1 Å². The van der Waals surface area contributed by atoms with Crippen LogP contribution in [-0.4, -0.2) is 35.3 Å². The lowest BCUT2D eigenvalue weighted by molar-refractivity contribution is 0.346. The third kappa shape index (κ3) is 10.2. The molecule has 24 heavy (non-hydrogen) atoms. The third-order valence-electron chi connectivity index (χ3n) is 3.86. The third-order valence-corrected chi connectivity index (χ3v) is 3.86. The molecule has 0 aliphatic carbocycles. The van der Waals surface area contributed by atoms with Crippen molar-refractivity contribution < 1.29 is 0 Å². The monoisotopic (exact) mass is 449 g/mol. The van der Waals surface area contributed by atoms with Crippen molar-refractivity contribution in [2.75, 3.05) is 13.1 Å². The fourth-order valence-corrected chi connectivity index (χ4v) is 2.36. The van der Waals surface area contributed by atoms with Crippen molar-refractivity contribution >= 4 is 29.9 Å². The zero-order valence-corrected chi connectivity index (χ0v) is 18.5. The highest BCUT2D eigenvalue weighted by Gasteiger charge is 2.13. The van der Waals surface area contributed by atoms with E-state index in [9.17, 15) is 0 Å². The number of aromatic nitrogens is 2. The van der Waals surface area contributed by atoms with Gasteiger partial charge in [0.15, 0.2) is 5.96 Å². The molecule has 0 amide bonds. The molecule has 0 radical (unpaired) electrons. The van der Waals surface area contributed by atoms with E-state index in [4.69, 9.17) is 4.99 Å². The molecule has 6 heteroatoms. The zero-order valence-electron chi connectivity index (χ0n) is 16.2. The molecule has 0 aliphatic rings. The molecule has 1 aromatic rings. The first-order chi connectivity index (χ1) is 10.8. The molecule has 0 saturated heterocycles. The van der Waals surface area contributed by atoms with Crippen molar-refractivity contribution in [2.45, 2.75) is 73.3 Å². The Labute approximate surface area is 164 Å². The van der Waals surface area contributed by atoms with E-state index in [0.717, 1.165) is 44.0 Å². The highest BCUT2D eigenvalue weighted by atomic mass is 127. The average molecular weight is 449 g/mol. The summed E-state index contributed by atoms with van der Waals surface area (Å²) in [5.74, 6) is 0.929. The number of aliphatic imine (C=N–C) groups is 1. The van der Waals surface area contributed by atoms with Crippen LogP contribution in [0.5, 0.6) is 0 Å². The van der Waals surface area contributed by atoms with Crippen molar-refractivity contribution in [1.29, 1.82) is 0 Å². The number of nitrogens with one attached hydrogen (secondary N) is 3. The lowest BCUT2D eigenvalue weighted by atomic mass is 9.89. The molecular weight excluding hydrogens is 413 g/mol. The average Bonchev–Trinajstić information content (AvgIpc) is 2.86. The minimum Gasteiger partial charge on any atom is -0.357 e. The van der Waals surface area contributed by atoms with Crippen molar-refractivity contribution in [2.24, 2.45) is 10.4 Å². The first-order valence-corrected chi connectivity index (χ1v) is 8.85. The molecule has 1 atom stereocenters. The number of nitrogens with zero attached hydrogens (tertiary/aromatic N) is 2. The van der Waals surface area contributed by atoms with Gasteiger partial charge in [-0.3, -0.25) is 10.1 Å². The molecule has 3 N–H and O–H groups in total. The number of guanidine groups is 1. The summed E-state index contributed by atoms with van der Waals surface area (Å²) in [7, 11) is 0. The molecule has 0 fully saturated rings. The van der Waals surface area contributed by atoms with E-state index in [2.05, 4.69) is 62.4 Å². The standard InChI is InChI=1S/C18H35N5.HI/c1-7-19-17(22-14(2)10-11-18(4,5)6)20-12-8-9-16-13-21-23-15(16)3;/h13-14H,7-12H2,1-6H3,(H,21,23)(H2,19,20,22);1H. The number of rotatable bonds is 8. The van der Waals surface area contributed by atoms with E-state index in [1.165, 1.54) is 12.0 Å². The van der Waals surface area contributed by atoms with Gasteiger partial charge in [-0.15, -0.1) is 24.0 Å². The summed E-state index contributed by atoms with van der Waals surface area (Å²) in [5.41, 5.74) is 2.83. The first-order valence-electron chi connectivity index (χ1n) is 8.85. The van der Waals surface area contributed by atoms with E-state index in [1.54, 1.807) is 0 Å². The van der Waals surface area contributed by atoms with Gasteiger partial charge in [0.2, 0.25) is 0 Å². The van der Waals surface area contributed by atoms with Gasteiger partial charge in [-0.25, -0.2) is 0 Å². The molecule has 1 rings (SSSR count). The van der Waals surface area contributed by atoms with Gasteiger partial charge in [-0.2, -0.15) is 5.10 Å². The topological polar surface area (TPSA) is 65.1 Å². The number of H-pyrrole nitrogens is 1. The van der Waals surface area contributed by atoms with E-state index < -0.39 is 0 Å². The number of hydrogen-bond donors (Lipinski definition) is 3. The molecule has 0 bridgehead atoms. The minimum absolute atomic E-state index is 0. The molecule has 0 aliphatic heterocycles. The number of aromatic amines is 1. The van der Waals surface area contributed by atoms with Crippen LogP contribution in [0.15, 0.2) is 11.2 Å². The maximum absolute atomic E-state index is 4.69. The summed E-state index contributed by atoms with van der Waals surface area (Å²) in [4.78, 5) is 4.69. The summed E-state index contributed by atoms with van der Waals surface area (Å²) in [5, 5.41) is 13.9. The Bertz CT molecular complexity index is 476. The van der Waals surface area contributed by atoms with E-state index in [1.807, 2.05) is 6.20 Å². The van der Waals surface area contributed by atoms with Gasteiger partial charge in [0.25, 0.3) is 0 Å². The second-order valence-electron chi connectivity index (χ2n) is 7.53. The van der Waals surface area contributed by atoms with Gasteiger partial charge in [0.05, 0.1) is 6.20 Å². The Kier molecular flexibility index (Phi) is 11.3. The molecule has 5 nitrogen and oxygen atoms in total. The van der Waals surface area contributed by atoms with Crippen molar-refractivity contribution in [3.05, 3.63) is 17.5 Å². The second-order valence-corrected chi connectivity index (χ2v) is 7.53. The maximum Gasteiger partial charge on any atom is 0.191 e. The summed E-state index contributed by atoms with van der Waals surface area (Å²) in [6.45, 7) is 15.0. The van der Waals surface area contributed by atoms with Gasteiger partial charge < -0.3 is 10.6 Å². The van der Waals surface area contributed by atoms with E-state index >= 15 is 0 Å².